The Labute approximate surface area is 98.6 Å². The average molecular weight is 245 g/mol. The summed E-state index contributed by atoms with van der Waals surface area (Å²) in [5.74, 6) is 1.53. The van der Waals surface area contributed by atoms with Crippen molar-refractivity contribution < 1.29 is 4.21 Å². The fraction of sp³-hybridized carbons (Fsp3) is 0.636. The van der Waals surface area contributed by atoms with Crippen LogP contribution in [0.25, 0.3) is 0 Å². The molecule has 2 unspecified atom stereocenters. The van der Waals surface area contributed by atoms with E-state index in [-0.39, 0.29) is 0 Å². The first-order chi connectivity index (χ1) is 7.22. The molecule has 0 fully saturated rings. The van der Waals surface area contributed by atoms with Gasteiger partial charge in [-0.1, -0.05) is 6.92 Å². The molecule has 0 amide bonds. The van der Waals surface area contributed by atoms with Crippen molar-refractivity contribution in [3.63, 3.8) is 0 Å². The Morgan fingerprint density at radius 2 is 2.40 bits per heavy atom. The number of thiophene rings is 1. The molecule has 0 spiro atoms. The van der Waals surface area contributed by atoms with Crippen molar-refractivity contribution in [2.45, 2.75) is 26.3 Å². The van der Waals surface area contributed by atoms with Gasteiger partial charge in [-0.2, -0.15) is 11.3 Å². The molecular formula is C11H19NOS2. The topological polar surface area (TPSA) is 29.1 Å². The highest BCUT2D eigenvalue weighted by Crippen LogP contribution is 2.08. The Hall–Kier alpha value is -0.190. The summed E-state index contributed by atoms with van der Waals surface area (Å²) in [6.45, 7) is 4.99. The Bertz CT molecular complexity index is 285. The zero-order chi connectivity index (χ0) is 11.1. The minimum atomic E-state index is -0.643. The van der Waals surface area contributed by atoms with Gasteiger partial charge in [0.25, 0.3) is 0 Å². The first-order valence-corrected chi connectivity index (χ1v) is 7.75. The van der Waals surface area contributed by atoms with Crippen LogP contribution in [0, 0.1) is 0 Å². The molecule has 86 valence electrons. The number of hydrogen-bond acceptors (Lipinski definition) is 3. The standard InChI is InChI=1S/C11H19NOS2/c1-3-15(13)7-5-12-10(2)8-11-4-6-14-9-11/h4,6,9-10,12H,3,5,7-8H2,1-2H3. The van der Waals surface area contributed by atoms with Crippen molar-refractivity contribution in [3.8, 4) is 0 Å². The van der Waals surface area contributed by atoms with Crippen molar-refractivity contribution in [2.75, 3.05) is 18.1 Å². The second-order valence-electron chi connectivity index (χ2n) is 3.62. The van der Waals surface area contributed by atoms with Gasteiger partial charge in [0.05, 0.1) is 0 Å². The highest BCUT2D eigenvalue weighted by molar-refractivity contribution is 7.84. The quantitative estimate of drug-likeness (QED) is 0.796. The number of hydrogen-bond donors (Lipinski definition) is 1. The first-order valence-electron chi connectivity index (χ1n) is 5.31. The Balaban J connectivity index is 2.14. The van der Waals surface area contributed by atoms with Gasteiger partial charge in [-0.3, -0.25) is 4.21 Å². The zero-order valence-corrected chi connectivity index (χ0v) is 11.0. The largest absolute Gasteiger partial charge is 0.313 e. The monoisotopic (exact) mass is 245 g/mol. The van der Waals surface area contributed by atoms with Crippen molar-refractivity contribution in [1.29, 1.82) is 0 Å². The maximum absolute atomic E-state index is 11.2. The molecule has 1 N–H and O–H groups in total. The molecule has 2 nitrogen and oxygen atoms in total. The van der Waals surface area contributed by atoms with Crippen LogP contribution in [-0.2, 0) is 17.2 Å². The summed E-state index contributed by atoms with van der Waals surface area (Å²) in [5.41, 5.74) is 1.39. The number of nitrogens with one attached hydrogen (secondary N) is 1. The third kappa shape index (κ3) is 5.44. The minimum Gasteiger partial charge on any atom is -0.313 e. The lowest BCUT2D eigenvalue weighted by Crippen LogP contribution is -2.31. The van der Waals surface area contributed by atoms with Crippen LogP contribution in [0.3, 0.4) is 0 Å². The minimum absolute atomic E-state index is 0.466. The Morgan fingerprint density at radius 3 is 3.00 bits per heavy atom. The van der Waals surface area contributed by atoms with Gasteiger partial charge < -0.3 is 5.32 Å². The van der Waals surface area contributed by atoms with E-state index >= 15 is 0 Å². The Morgan fingerprint density at radius 1 is 1.60 bits per heavy atom. The fourth-order valence-corrected chi connectivity index (χ4v) is 2.71. The fourth-order valence-electron chi connectivity index (χ4n) is 1.40. The van der Waals surface area contributed by atoms with Crippen molar-refractivity contribution in [2.24, 2.45) is 0 Å². The van der Waals surface area contributed by atoms with Gasteiger partial charge in [0.15, 0.2) is 0 Å². The van der Waals surface area contributed by atoms with Crippen LogP contribution in [-0.4, -0.2) is 28.3 Å². The van der Waals surface area contributed by atoms with E-state index < -0.39 is 10.8 Å². The van der Waals surface area contributed by atoms with Gasteiger partial charge in [-0.15, -0.1) is 0 Å². The summed E-state index contributed by atoms with van der Waals surface area (Å²) in [4.78, 5) is 0. The molecule has 0 radical (unpaired) electrons. The van der Waals surface area contributed by atoms with Crippen LogP contribution < -0.4 is 5.32 Å². The summed E-state index contributed by atoms with van der Waals surface area (Å²) < 4.78 is 11.2. The van der Waals surface area contributed by atoms with Crippen molar-refractivity contribution in [3.05, 3.63) is 22.4 Å². The first kappa shape index (κ1) is 12.9. The van der Waals surface area contributed by atoms with E-state index in [2.05, 4.69) is 29.1 Å². The molecule has 0 saturated carbocycles. The molecule has 0 aromatic carbocycles. The predicted octanol–water partition coefficient (Wildman–Crippen LogP) is 2.04. The molecule has 15 heavy (non-hydrogen) atoms. The van der Waals surface area contributed by atoms with Gasteiger partial charge in [0.2, 0.25) is 0 Å². The molecular weight excluding hydrogens is 226 g/mol. The molecule has 1 aromatic heterocycles. The van der Waals surface area contributed by atoms with Crippen LogP contribution in [0.15, 0.2) is 16.8 Å². The van der Waals surface area contributed by atoms with E-state index in [4.69, 9.17) is 0 Å². The molecule has 0 aliphatic heterocycles. The summed E-state index contributed by atoms with van der Waals surface area (Å²) in [6, 6.07) is 2.63. The maximum Gasteiger partial charge on any atom is 0.0360 e. The highest BCUT2D eigenvalue weighted by Gasteiger charge is 2.03. The van der Waals surface area contributed by atoms with Crippen molar-refractivity contribution >= 4 is 22.1 Å². The second kappa shape index (κ2) is 7.14. The van der Waals surface area contributed by atoms with Gasteiger partial charge in [0, 0.05) is 34.9 Å². The van der Waals surface area contributed by atoms with E-state index in [0.29, 0.717) is 6.04 Å². The average Bonchev–Trinajstić information content (AvgIpc) is 2.70. The molecule has 0 aliphatic carbocycles. The lowest BCUT2D eigenvalue weighted by atomic mass is 10.1. The van der Waals surface area contributed by atoms with E-state index in [1.807, 2.05) is 6.92 Å². The van der Waals surface area contributed by atoms with Gasteiger partial charge in [0.1, 0.15) is 0 Å². The van der Waals surface area contributed by atoms with Crippen LogP contribution >= 0.6 is 11.3 Å². The molecule has 0 saturated heterocycles. The van der Waals surface area contributed by atoms with Gasteiger partial charge in [-0.25, -0.2) is 0 Å². The molecule has 1 rings (SSSR count). The molecule has 0 bridgehead atoms. The van der Waals surface area contributed by atoms with E-state index in [9.17, 15) is 4.21 Å². The van der Waals surface area contributed by atoms with E-state index in [0.717, 1.165) is 24.5 Å². The maximum atomic E-state index is 11.2. The van der Waals surface area contributed by atoms with Crippen LogP contribution in [0.1, 0.15) is 19.4 Å². The molecule has 1 heterocycles. The summed E-state index contributed by atoms with van der Waals surface area (Å²) >= 11 is 1.74. The van der Waals surface area contributed by atoms with Gasteiger partial charge in [-0.05, 0) is 35.7 Å². The van der Waals surface area contributed by atoms with Crippen LogP contribution in [0.5, 0.6) is 0 Å². The lowest BCUT2D eigenvalue weighted by molar-refractivity contribution is 0.566. The highest BCUT2D eigenvalue weighted by atomic mass is 32.2. The van der Waals surface area contributed by atoms with E-state index in [1.54, 1.807) is 11.3 Å². The van der Waals surface area contributed by atoms with Crippen LogP contribution in [0.2, 0.25) is 0 Å². The number of rotatable bonds is 7. The zero-order valence-electron chi connectivity index (χ0n) is 9.36. The summed E-state index contributed by atoms with van der Waals surface area (Å²) in [6.07, 6.45) is 1.06. The molecule has 4 heteroatoms. The predicted molar refractivity (Wildman–Crippen MR) is 69.0 cm³/mol. The van der Waals surface area contributed by atoms with Crippen LogP contribution in [0.4, 0.5) is 0 Å². The third-order valence-corrected chi connectivity index (χ3v) is 4.30. The molecule has 1 aromatic rings. The van der Waals surface area contributed by atoms with Crippen molar-refractivity contribution in [1.82, 2.24) is 5.32 Å². The molecule has 0 aliphatic rings. The molecule has 2 atom stereocenters. The second-order valence-corrected chi connectivity index (χ2v) is 6.27. The van der Waals surface area contributed by atoms with E-state index in [1.165, 1.54) is 5.56 Å². The lowest BCUT2D eigenvalue weighted by Gasteiger charge is -2.12. The Kier molecular flexibility index (Phi) is 6.13. The smallest absolute Gasteiger partial charge is 0.0360 e. The third-order valence-electron chi connectivity index (χ3n) is 2.27. The normalized spacial score (nSPS) is 15.1. The summed E-state index contributed by atoms with van der Waals surface area (Å²) in [7, 11) is -0.643. The SMILES string of the molecule is CCS(=O)CCNC(C)Cc1ccsc1. The van der Waals surface area contributed by atoms with Gasteiger partial charge >= 0.3 is 0 Å². The summed E-state index contributed by atoms with van der Waals surface area (Å²) in [5, 5.41) is 7.69.